The van der Waals surface area contributed by atoms with Gasteiger partial charge in [0.15, 0.2) is 0 Å². The summed E-state index contributed by atoms with van der Waals surface area (Å²) in [5.74, 6) is 0.367. The van der Waals surface area contributed by atoms with E-state index in [1.807, 2.05) is 0 Å². The summed E-state index contributed by atoms with van der Waals surface area (Å²) in [4.78, 5) is 3.78. The number of benzene rings is 1. The van der Waals surface area contributed by atoms with E-state index in [0.717, 1.165) is 12.1 Å². The fourth-order valence-corrected chi connectivity index (χ4v) is 1.36. The lowest BCUT2D eigenvalue weighted by molar-refractivity contribution is -0.137. The second kappa shape index (κ2) is 4.56. The van der Waals surface area contributed by atoms with Crippen LogP contribution in [0, 0.1) is 0 Å². The molecule has 94 valence electrons. The number of halogens is 3. The summed E-state index contributed by atoms with van der Waals surface area (Å²) in [5.41, 5.74) is 5.10. The molecular formula is C12H9F3N2O. The largest absolute Gasteiger partial charge is 0.456 e. The molecular weight excluding hydrogens is 245 g/mol. The van der Waals surface area contributed by atoms with Crippen LogP contribution in [0.15, 0.2) is 42.7 Å². The summed E-state index contributed by atoms with van der Waals surface area (Å²) in [7, 11) is 0. The number of anilines is 1. The molecule has 0 spiro atoms. The van der Waals surface area contributed by atoms with Crippen molar-refractivity contribution in [3.05, 3.63) is 48.3 Å². The van der Waals surface area contributed by atoms with Crippen molar-refractivity contribution in [1.82, 2.24) is 4.98 Å². The number of alkyl halides is 3. The van der Waals surface area contributed by atoms with E-state index >= 15 is 0 Å². The third-order valence-electron chi connectivity index (χ3n) is 2.13. The molecule has 2 rings (SSSR count). The molecule has 0 saturated heterocycles. The Balaban J connectivity index is 2.25. The SMILES string of the molecule is Nc1cncc(Oc2cccc(C(F)(F)F)c2)c1. The third kappa shape index (κ3) is 2.91. The quantitative estimate of drug-likeness (QED) is 0.892. The van der Waals surface area contributed by atoms with Gasteiger partial charge in [0, 0.05) is 6.07 Å². The van der Waals surface area contributed by atoms with Crippen LogP contribution in [0.25, 0.3) is 0 Å². The van der Waals surface area contributed by atoms with Crippen LogP contribution in [0.1, 0.15) is 5.56 Å². The van der Waals surface area contributed by atoms with Gasteiger partial charge in [0.1, 0.15) is 11.5 Å². The average molecular weight is 254 g/mol. The van der Waals surface area contributed by atoms with Crippen LogP contribution in [-0.2, 0) is 6.18 Å². The van der Waals surface area contributed by atoms with Gasteiger partial charge in [-0.05, 0) is 18.2 Å². The molecule has 0 aliphatic carbocycles. The number of ether oxygens (including phenoxy) is 1. The standard InChI is InChI=1S/C12H9F3N2O/c13-12(14,15)8-2-1-3-10(4-8)18-11-5-9(16)6-17-7-11/h1-7H,16H2. The van der Waals surface area contributed by atoms with Crippen LogP contribution in [0.2, 0.25) is 0 Å². The number of rotatable bonds is 2. The van der Waals surface area contributed by atoms with Crippen molar-refractivity contribution in [2.75, 3.05) is 5.73 Å². The van der Waals surface area contributed by atoms with Gasteiger partial charge in [-0.2, -0.15) is 13.2 Å². The molecule has 0 unspecified atom stereocenters. The Hall–Kier alpha value is -2.24. The van der Waals surface area contributed by atoms with Gasteiger partial charge in [-0.1, -0.05) is 6.07 Å². The van der Waals surface area contributed by atoms with Crippen LogP contribution >= 0.6 is 0 Å². The molecule has 2 N–H and O–H groups in total. The van der Waals surface area contributed by atoms with Crippen molar-refractivity contribution in [3.8, 4) is 11.5 Å². The molecule has 18 heavy (non-hydrogen) atoms. The van der Waals surface area contributed by atoms with E-state index in [1.165, 1.54) is 30.6 Å². The molecule has 3 nitrogen and oxygen atoms in total. The summed E-state index contributed by atoms with van der Waals surface area (Å²) >= 11 is 0. The van der Waals surface area contributed by atoms with Crippen LogP contribution in [0.3, 0.4) is 0 Å². The van der Waals surface area contributed by atoms with E-state index in [1.54, 1.807) is 0 Å². The van der Waals surface area contributed by atoms with Crippen molar-refractivity contribution >= 4 is 5.69 Å². The van der Waals surface area contributed by atoms with Gasteiger partial charge in [-0.15, -0.1) is 0 Å². The summed E-state index contributed by atoms with van der Waals surface area (Å²) in [5, 5.41) is 0. The zero-order valence-electron chi connectivity index (χ0n) is 9.11. The minimum absolute atomic E-state index is 0.0808. The van der Waals surface area contributed by atoms with Gasteiger partial charge >= 0.3 is 6.18 Å². The Morgan fingerprint density at radius 2 is 1.83 bits per heavy atom. The molecule has 1 aromatic heterocycles. The van der Waals surface area contributed by atoms with E-state index in [-0.39, 0.29) is 11.5 Å². The smallest absolute Gasteiger partial charge is 0.416 e. The van der Waals surface area contributed by atoms with Gasteiger partial charge in [-0.3, -0.25) is 4.98 Å². The number of aromatic nitrogens is 1. The van der Waals surface area contributed by atoms with Crippen LogP contribution < -0.4 is 10.5 Å². The maximum Gasteiger partial charge on any atom is 0.416 e. The van der Waals surface area contributed by atoms with E-state index in [0.29, 0.717) is 5.69 Å². The molecule has 0 saturated carbocycles. The Labute approximate surface area is 101 Å². The monoisotopic (exact) mass is 254 g/mol. The number of hydrogen-bond donors (Lipinski definition) is 1. The fraction of sp³-hybridized carbons (Fsp3) is 0.0833. The first kappa shape index (κ1) is 12.2. The minimum Gasteiger partial charge on any atom is -0.456 e. The van der Waals surface area contributed by atoms with Crippen molar-refractivity contribution in [3.63, 3.8) is 0 Å². The normalized spacial score (nSPS) is 11.3. The zero-order chi connectivity index (χ0) is 13.2. The first-order valence-electron chi connectivity index (χ1n) is 5.01. The van der Waals surface area contributed by atoms with E-state index in [4.69, 9.17) is 10.5 Å². The summed E-state index contributed by atoms with van der Waals surface area (Å²) < 4.78 is 42.7. The highest BCUT2D eigenvalue weighted by molar-refractivity contribution is 5.42. The second-order valence-corrected chi connectivity index (χ2v) is 3.58. The van der Waals surface area contributed by atoms with Gasteiger partial charge in [0.05, 0.1) is 23.6 Å². The molecule has 1 heterocycles. The number of nitrogens with two attached hydrogens (primary N) is 1. The minimum atomic E-state index is -4.40. The van der Waals surface area contributed by atoms with Crippen molar-refractivity contribution in [2.24, 2.45) is 0 Å². The average Bonchev–Trinajstić information content (AvgIpc) is 2.28. The molecule has 0 radical (unpaired) electrons. The summed E-state index contributed by atoms with van der Waals surface area (Å²) in [6, 6.07) is 6.08. The predicted molar refractivity (Wildman–Crippen MR) is 60.2 cm³/mol. The molecule has 0 aliphatic heterocycles. The maximum absolute atomic E-state index is 12.5. The lowest BCUT2D eigenvalue weighted by atomic mass is 10.2. The Morgan fingerprint density at radius 3 is 2.50 bits per heavy atom. The fourth-order valence-electron chi connectivity index (χ4n) is 1.36. The Kier molecular flexibility index (Phi) is 3.10. The van der Waals surface area contributed by atoms with Crippen LogP contribution in [-0.4, -0.2) is 4.98 Å². The highest BCUT2D eigenvalue weighted by Crippen LogP contribution is 2.32. The van der Waals surface area contributed by atoms with Crippen molar-refractivity contribution < 1.29 is 17.9 Å². The molecule has 6 heteroatoms. The molecule has 2 aromatic rings. The first-order valence-corrected chi connectivity index (χ1v) is 5.01. The lowest BCUT2D eigenvalue weighted by Crippen LogP contribution is -2.04. The van der Waals surface area contributed by atoms with Gasteiger partial charge in [0.25, 0.3) is 0 Å². The summed E-state index contributed by atoms with van der Waals surface area (Å²) in [6.45, 7) is 0. The predicted octanol–water partition coefficient (Wildman–Crippen LogP) is 3.47. The Bertz CT molecular complexity index is 555. The molecule has 1 aromatic carbocycles. The molecule has 0 aliphatic rings. The highest BCUT2D eigenvalue weighted by atomic mass is 19.4. The van der Waals surface area contributed by atoms with E-state index < -0.39 is 11.7 Å². The van der Waals surface area contributed by atoms with Gasteiger partial charge in [-0.25, -0.2) is 0 Å². The third-order valence-corrected chi connectivity index (χ3v) is 2.13. The van der Waals surface area contributed by atoms with Crippen molar-refractivity contribution in [1.29, 1.82) is 0 Å². The van der Waals surface area contributed by atoms with E-state index in [2.05, 4.69) is 4.98 Å². The lowest BCUT2D eigenvalue weighted by Gasteiger charge is -2.09. The van der Waals surface area contributed by atoms with Crippen LogP contribution in [0.5, 0.6) is 11.5 Å². The molecule has 0 bridgehead atoms. The van der Waals surface area contributed by atoms with Crippen LogP contribution in [0.4, 0.5) is 18.9 Å². The maximum atomic E-state index is 12.5. The first-order chi connectivity index (χ1) is 8.45. The Morgan fingerprint density at radius 1 is 1.06 bits per heavy atom. The van der Waals surface area contributed by atoms with E-state index in [9.17, 15) is 13.2 Å². The van der Waals surface area contributed by atoms with Gasteiger partial charge < -0.3 is 10.5 Å². The second-order valence-electron chi connectivity index (χ2n) is 3.58. The number of nitrogens with zero attached hydrogens (tertiary/aromatic N) is 1. The topological polar surface area (TPSA) is 48.1 Å². The van der Waals surface area contributed by atoms with Crippen molar-refractivity contribution in [2.45, 2.75) is 6.18 Å². The van der Waals surface area contributed by atoms with Gasteiger partial charge in [0.2, 0.25) is 0 Å². The molecule has 0 atom stereocenters. The number of nitrogen functional groups attached to an aromatic ring is 1. The zero-order valence-corrected chi connectivity index (χ0v) is 9.11. The molecule has 0 fully saturated rings. The summed E-state index contributed by atoms with van der Waals surface area (Å²) in [6.07, 6.45) is -1.61. The highest BCUT2D eigenvalue weighted by Gasteiger charge is 2.30. The number of hydrogen-bond acceptors (Lipinski definition) is 3. The number of pyridine rings is 1. The molecule has 0 amide bonds.